The smallest absolute Gasteiger partial charge is 0.244 e. The van der Waals surface area contributed by atoms with Crippen LogP contribution in [0.5, 0.6) is 0 Å². The molecule has 0 aliphatic carbocycles. The molecule has 2 rings (SSSR count). The van der Waals surface area contributed by atoms with Gasteiger partial charge in [0, 0.05) is 5.56 Å². The van der Waals surface area contributed by atoms with Crippen LogP contribution in [0.25, 0.3) is 0 Å². The number of hydrazone groups is 1. The molecule has 0 bridgehead atoms. The Labute approximate surface area is 127 Å². The molecule has 1 amide bonds. The first kappa shape index (κ1) is 14.6. The molecule has 102 valence electrons. The predicted molar refractivity (Wildman–Crippen MR) is 82.3 cm³/mol. The minimum Gasteiger partial charge on any atom is -0.273 e. The van der Waals surface area contributed by atoms with E-state index in [1.807, 2.05) is 30.3 Å². The number of carbonyl (C=O) groups excluding carboxylic acids is 1. The monoisotopic (exact) mass is 306 g/mol. The molecule has 1 N–H and O–H groups in total. The normalized spacial score (nSPS) is 10.7. The number of rotatable bonds is 4. The van der Waals surface area contributed by atoms with Gasteiger partial charge in [0.25, 0.3) is 0 Å². The van der Waals surface area contributed by atoms with Crippen LogP contribution in [0.15, 0.2) is 53.6 Å². The predicted octanol–water partition coefficient (Wildman–Crippen LogP) is 3.69. The second-order valence-corrected chi connectivity index (χ2v) is 4.88. The molecule has 0 radical (unpaired) electrons. The average molecular weight is 307 g/mol. The zero-order chi connectivity index (χ0) is 14.4. The molecular weight excluding hydrogens is 295 g/mol. The van der Waals surface area contributed by atoms with Crippen molar-refractivity contribution in [2.24, 2.45) is 5.10 Å². The molecule has 0 unspecified atom stereocenters. The number of hydrogen-bond acceptors (Lipinski definition) is 2. The molecule has 0 aromatic heterocycles. The summed E-state index contributed by atoms with van der Waals surface area (Å²) >= 11 is 11.9. The van der Waals surface area contributed by atoms with E-state index in [-0.39, 0.29) is 12.3 Å². The maximum atomic E-state index is 11.7. The second kappa shape index (κ2) is 7.08. The number of amides is 1. The third-order valence-electron chi connectivity index (χ3n) is 2.58. The van der Waals surface area contributed by atoms with Gasteiger partial charge in [-0.2, -0.15) is 5.10 Å². The lowest BCUT2D eigenvalue weighted by Crippen LogP contribution is -2.19. The van der Waals surface area contributed by atoms with Crippen LogP contribution in [0.3, 0.4) is 0 Å². The minimum atomic E-state index is -0.189. The summed E-state index contributed by atoms with van der Waals surface area (Å²) in [5.74, 6) is -0.189. The van der Waals surface area contributed by atoms with E-state index in [0.717, 1.165) is 5.56 Å². The topological polar surface area (TPSA) is 41.5 Å². The lowest BCUT2D eigenvalue weighted by atomic mass is 10.1. The maximum Gasteiger partial charge on any atom is 0.244 e. The highest BCUT2D eigenvalue weighted by atomic mass is 35.5. The Morgan fingerprint density at radius 1 is 1.10 bits per heavy atom. The van der Waals surface area contributed by atoms with Crippen LogP contribution < -0.4 is 5.43 Å². The lowest BCUT2D eigenvalue weighted by molar-refractivity contribution is -0.120. The van der Waals surface area contributed by atoms with E-state index in [9.17, 15) is 4.79 Å². The van der Waals surface area contributed by atoms with E-state index in [1.165, 1.54) is 6.21 Å². The Hall–Kier alpha value is -1.84. The van der Waals surface area contributed by atoms with Gasteiger partial charge in [-0.25, -0.2) is 5.43 Å². The highest BCUT2D eigenvalue weighted by Crippen LogP contribution is 2.23. The van der Waals surface area contributed by atoms with Crippen molar-refractivity contribution in [2.45, 2.75) is 6.42 Å². The molecular formula is C15H12Cl2N2O. The molecule has 2 aromatic rings. The zero-order valence-electron chi connectivity index (χ0n) is 10.5. The van der Waals surface area contributed by atoms with Crippen molar-refractivity contribution in [3.8, 4) is 0 Å². The van der Waals surface area contributed by atoms with E-state index in [4.69, 9.17) is 23.2 Å². The van der Waals surface area contributed by atoms with E-state index in [0.29, 0.717) is 15.6 Å². The van der Waals surface area contributed by atoms with Gasteiger partial charge in [0.2, 0.25) is 5.91 Å². The van der Waals surface area contributed by atoms with Gasteiger partial charge in [0.05, 0.1) is 22.7 Å². The highest BCUT2D eigenvalue weighted by Gasteiger charge is 2.03. The Kier molecular flexibility index (Phi) is 5.16. The molecule has 0 spiro atoms. The van der Waals surface area contributed by atoms with Gasteiger partial charge < -0.3 is 0 Å². The van der Waals surface area contributed by atoms with Gasteiger partial charge in [-0.15, -0.1) is 0 Å². The van der Waals surface area contributed by atoms with Gasteiger partial charge in [0.1, 0.15) is 0 Å². The van der Waals surface area contributed by atoms with Gasteiger partial charge in [0.15, 0.2) is 0 Å². The molecule has 0 saturated heterocycles. The first-order valence-electron chi connectivity index (χ1n) is 5.96. The van der Waals surface area contributed by atoms with Crippen molar-refractivity contribution in [1.82, 2.24) is 5.43 Å². The van der Waals surface area contributed by atoms with Gasteiger partial charge >= 0.3 is 0 Å². The third-order valence-corrected chi connectivity index (χ3v) is 3.42. The summed E-state index contributed by atoms with van der Waals surface area (Å²) in [6, 6.07) is 14.7. The quantitative estimate of drug-likeness (QED) is 0.679. The van der Waals surface area contributed by atoms with Crippen LogP contribution in [0, 0.1) is 0 Å². The Balaban J connectivity index is 1.93. The van der Waals surface area contributed by atoms with Crippen LogP contribution in [-0.4, -0.2) is 12.1 Å². The van der Waals surface area contributed by atoms with Crippen molar-refractivity contribution in [2.75, 3.05) is 0 Å². The maximum absolute atomic E-state index is 11.7. The van der Waals surface area contributed by atoms with Gasteiger partial charge in [-0.1, -0.05) is 65.7 Å². The molecule has 0 atom stereocenters. The summed E-state index contributed by atoms with van der Waals surface area (Å²) in [5.41, 5.74) is 4.04. The van der Waals surface area contributed by atoms with Crippen molar-refractivity contribution >= 4 is 35.3 Å². The van der Waals surface area contributed by atoms with E-state index in [2.05, 4.69) is 10.5 Å². The number of carbonyl (C=O) groups is 1. The first-order chi connectivity index (χ1) is 9.66. The number of hydrogen-bond donors (Lipinski definition) is 1. The summed E-state index contributed by atoms with van der Waals surface area (Å²) in [6.45, 7) is 0. The van der Waals surface area contributed by atoms with E-state index in [1.54, 1.807) is 18.2 Å². The van der Waals surface area contributed by atoms with Gasteiger partial charge in [-0.05, 0) is 11.6 Å². The molecule has 20 heavy (non-hydrogen) atoms. The molecule has 0 heterocycles. The molecule has 2 aromatic carbocycles. The number of benzene rings is 2. The molecule has 0 fully saturated rings. The molecule has 5 heteroatoms. The van der Waals surface area contributed by atoms with E-state index < -0.39 is 0 Å². The van der Waals surface area contributed by atoms with Crippen molar-refractivity contribution in [1.29, 1.82) is 0 Å². The SMILES string of the molecule is O=C(Cc1ccccc1)N/N=C/c1cccc(Cl)c1Cl. The Morgan fingerprint density at radius 3 is 2.60 bits per heavy atom. The largest absolute Gasteiger partial charge is 0.273 e. The van der Waals surface area contributed by atoms with Crippen LogP contribution in [0.1, 0.15) is 11.1 Å². The van der Waals surface area contributed by atoms with Crippen LogP contribution in [-0.2, 0) is 11.2 Å². The Morgan fingerprint density at radius 2 is 1.85 bits per heavy atom. The number of nitrogens with zero attached hydrogens (tertiary/aromatic N) is 1. The number of halogens is 2. The summed E-state index contributed by atoms with van der Waals surface area (Å²) in [6.07, 6.45) is 1.75. The van der Waals surface area contributed by atoms with Crippen LogP contribution in [0.2, 0.25) is 10.0 Å². The fourth-order valence-corrected chi connectivity index (χ4v) is 1.97. The van der Waals surface area contributed by atoms with E-state index >= 15 is 0 Å². The summed E-state index contributed by atoms with van der Waals surface area (Å²) in [5, 5.41) is 4.73. The highest BCUT2D eigenvalue weighted by molar-refractivity contribution is 6.43. The Bertz CT molecular complexity index is 627. The van der Waals surface area contributed by atoms with Crippen molar-refractivity contribution in [3.05, 3.63) is 69.7 Å². The molecule has 0 aliphatic rings. The summed E-state index contributed by atoms with van der Waals surface area (Å²) in [7, 11) is 0. The third kappa shape index (κ3) is 4.08. The zero-order valence-corrected chi connectivity index (χ0v) is 12.0. The fourth-order valence-electron chi connectivity index (χ4n) is 1.61. The minimum absolute atomic E-state index is 0.189. The van der Waals surface area contributed by atoms with Crippen LogP contribution in [0.4, 0.5) is 0 Å². The molecule has 0 aliphatic heterocycles. The van der Waals surface area contributed by atoms with Gasteiger partial charge in [-0.3, -0.25) is 4.79 Å². The lowest BCUT2D eigenvalue weighted by Gasteiger charge is -2.01. The summed E-state index contributed by atoms with van der Waals surface area (Å²) in [4.78, 5) is 11.7. The fraction of sp³-hybridized carbons (Fsp3) is 0.0667. The second-order valence-electron chi connectivity index (χ2n) is 4.10. The average Bonchev–Trinajstić information content (AvgIpc) is 2.44. The van der Waals surface area contributed by atoms with Crippen molar-refractivity contribution in [3.63, 3.8) is 0 Å². The first-order valence-corrected chi connectivity index (χ1v) is 6.72. The number of nitrogens with one attached hydrogen (secondary N) is 1. The summed E-state index contributed by atoms with van der Waals surface area (Å²) < 4.78 is 0. The van der Waals surface area contributed by atoms with Crippen molar-refractivity contribution < 1.29 is 4.79 Å². The molecule has 3 nitrogen and oxygen atoms in total. The molecule has 0 saturated carbocycles. The standard InChI is InChI=1S/C15H12Cl2N2O/c16-13-8-4-7-12(15(13)17)10-18-19-14(20)9-11-5-2-1-3-6-11/h1-8,10H,9H2,(H,19,20)/b18-10+. The van der Waals surface area contributed by atoms with Crippen LogP contribution >= 0.6 is 23.2 Å².